The predicted molar refractivity (Wildman–Crippen MR) is 108 cm³/mol. The Morgan fingerprint density at radius 2 is 1.72 bits per heavy atom. The van der Waals surface area contributed by atoms with Crippen LogP contribution in [0.4, 0.5) is 4.79 Å². The van der Waals surface area contributed by atoms with Gasteiger partial charge in [0.2, 0.25) is 0 Å². The quantitative estimate of drug-likeness (QED) is 0.583. The van der Waals surface area contributed by atoms with Gasteiger partial charge in [-0.25, -0.2) is 9.59 Å². The van der Waals surface area contributed by atoms with E-state index in [1.807, 2.05) is 0 Å². The van der Waals surface area contributed by atoms with Crippen molar-refractivity contribution >= 4 is 34.5 Å². The molecule has 8 nitrogen and oxygen atoms in total. The highest BCUT2D eigenvalue weighted by atomic mass is 16.7. The van der Waals surface area contributed by atoms with Gasteiger partial charge >= 0.3 is 12.1 Å². The summed E-state index contributed by atoms with van der Waals surface area (Å²) in [6.07, 6.45) is 0.740. The highest BCUT2D eigenvalue weighted by molar-refractivity contribution is 6.09. The molecule has 2 aromatic rings. The number of ether oxygens (including phenoxy) is 1. The van der Waals surface area contributed by atoms with Gasteiger partial charge in [0.05, 0.1) is 16.7 Å². The molecular formula is C21H26N2O6. The Morgan fingerprint density at radius 1 is 1.10 bits per heavy atom. The number of rotatable bonds is 5. The summed E-state index contributed by atoms with van der Waals surface area (Å²) in [6.45, 7) is 10.4. The standard InChI is InChI=1S/C21H26N2O6/c1-20(2,3)28-19(27)23-11-14(13-9-7-8-10-16(13)23)15(12-24)17(18(25)26)22-29-21(4,5)6/h7-11,17,22H,1-6H3,(H,25,26). The summed E-state index contributed by atoms with van der Waals surface area (Å²) in [6, 6.07) is 5.34. The number of carboxylic acid groups (broad SMARTS) is 1. The van der Waals surface area contributed by atoms with E-state index < -0.39 is 29.3 Å². The maximum absolute atomic E-state index is 12.6. The Bertz CT molecular complexity index is 971. The van der Waals surface area contributed by atoms with E-state index in [4.69, 9.17) is 9.57 Å². The molecule has 0 bridgehead atoms. The third-order valence-electron chi connectivity index (χ3n) is 3.72. The number of fused-ring (bicyclic) bond motifs is 1. The van der Waals surface area contributed by atoms with Crippen LogP contribution in [-0.4, -0.2) is 44.9 Å². The molecule has 0 radical (unpaired) electrons. The van der Waals surface area contributed by atoms with Crippen LogP contribution in [0.15, 0.2) is 30.5 Å². The van der Waals surface area contributed by atoms with Gasteiger partial charge in [0.15, 0.2) is 6.04 Å². The number of nitrogens with one attached hydrogen (secondary N) is 1. The van der Waals surface area contributed by atoms with Crippen molar-refractivity contribution in [3.8, 4) is 0 Å². The first-order valence-corrected chi connectivity index (χ1v) is 9.09. The van der Waals surface area contributed by atoms with E-state index in [1.54, 1.807) is 71.7 Å². The highest BCUT2D eigenvalue weighted by Crippen LogP contribution is 2.29. The number of nitrogens with zero attached hydrogens (tertiary/aromatic N) is 1. The minimum absolute atomic E-state index is 0.194. The van der Waals surface area contributed by atoms with Gasteiger partial charge in [-0.2, -0.15) is 5.48 Å². The topological polar surface area (TPSA) is 107 Å². The number of para-hydroxylation sites is 1. The average Bonchev–Trinajstić information content (AvgIpc) is 2.95. The fourth-order valence-corrected chi connectivity index (χ4v) is 2.59. The molecule has 0 aliphatic heterocycles. The van der Waals surface area contributed by atoms with Gasteiger partial charge in [-0.3, -0.25) is 14.2 Å². The molecule has 1 unspecified atom stereocenters. The van der Waals surface area contributed by atoms with Crippen molar-refractivity contribution in [1.29, 1.82) is 0 Å². The number of hydroxylamine groups is 1. The van der Waals surface area contributed by atoms with Gasteiger partial charge in [0.1, 0.15) is 11.5 Å². The molecule has 0 aliphatic rings. The van der Waals surface area contributed by atoms with Gasteiger partial charge in [-0.15, -0.1) is 0 Å². The molecule has 1 atom stereocenters. The number of benzene rings is 1. The number of aliphatic carboxylic acids is 1. The Hall–Kier alpha value is -2.93. The molecule has 0 saturated heterocycles. The lowest BCUT2D eigenvalue weighted by Crippen LogP contribution is -2.42. The minimum Gasteiger partial charge on any atom is -0.480 e. The molecule has 1 aromatic carbocycles. The fraction of sp³-hybridized carbons (Fsp3) is 0.429. The monoisotopic (exact) mass is 402 g/mol. The van der Waals surface area contributed by atoms with E-state index in [1.165, 1.54) is 10.8 Å². The molecule has 8 heteroatoms. The molecule has 0 aliphatic carbocycles. The summed E-state index contributed by atoms with van der Waals surface area (Å²) in [5.41, 5.74) is 1.54. The Labute approximate surface area is 169 Å². The molecule has 2 rings (SSSR count). The summed E-state index contributed by atoms with van der Waals surface area (Å²) in [4.78, 5) is 41.6. The lowest BCUT2D eigenvalue weighted by Gasteiger charge is -2.23. The second-order valence-corrected chi connectivity index (χ2v) is 8.53. The van der Waals surface area contributed by atoms with Crippen LogP contribution in [0, 0.1) is 0 Å². The van der Waals surface area contributed by atoms with Crippen LogP contribution < -0.4 is 5.48 Å². The van der Waals surface area contributed by atoms with Crippen molar-refractivity contribution in [3.63, 3.8) is 0 Å². The zero-order valence-corrected chi connectivity index (χ0v) is 17.4. The van der Waals surface area contributed by atoms with Crippen molar-refractivity contribution < 1.29 is 29.1 Å². The fourth-order valence-electron chi connectivity index (χ4n) is 2.59. The van der Waals surface area contributed by atoms with Crippen LogP contribution in [0.25, 0.3) is 16.5 Å². The third-order valence-corrected chi connectivity index (χ3v) is 3.72. The SMILES string of the molecule is CC(C)(C)ONC(C(=O)O)C(=C=O)c1cn(C(=O)OC(C)(C)C)c2ccccc12. The van der Waals surface area contributed by atoms with Gasteiger partial charge in [0.25, 0.3) is 0 Å². The Balaban J connectivity index is 2.57. The lowest BCUT2D eigenvalue weighted by molar-refractivity contribution is -0.146. The van der Waals surface area contributed by atoms with Crippen molar-refractivity contribution in [2.24, 2.45) is 0 Å². The van der Waals surface area contributed by atoms with Crippen LogP contribution in [0.1, 0.15) is 47.1 Å². The summed E-state index contributed by atoms with van der Waals surface area (Å²) in [5.74, 6) is 0.389. The van der Waals surface area contributed by atoms with Crippen molar-refractivity contribution in [2.75, 3.05) is 0 Å². The molecule has 156 valence electrons. The van der Waals surface area contributed by atoms with Gasteiger partial charge in [-0.05, 0) is 47.6 Å². The minimum atomic E-state index is -1.48. The van der Waals surface area contributed by atoms with Crippen molar-refractivity contribution in [1.82, 2.24) is 10.0 Å². The normalized spacial score (nSPS) is 13.0. The number of carboxylic acids is 1. The largest absolute Gasteiger partial charge is 0.480 e. The maximum Gasteiger partial charge on any atom is 0.419 e. The van der Waals surface area contributed by atoms with Gasteiger partial charge < -0.3 is 9.84 Å². The summed E-state index contributed by atoms with van der Waals surface area (Å²) < 4.78 is 6.67. The van der Waals surface area contributed by atoms with Crippen LogP contribution >= 0.6 is 0 Å². The van der Waals surface area contributed by atoms with E-state index in [2.05, 4.69) is 5.48 Å². The van der Waals surface area contributed by atoms with Crippen LogP contribution in [0.2, 0.25) is 0 Å². The van der Waals surface area contributed by atoms with Gasteiger partial charge in [-0.1, -0.05) is 18.2 Å². The van der Waals surface area contributed by atoms with E-state index in [-0.39, 0.29) is 11.1 Å². The molecule has 0 saturated carbocycles. The van der Waals surface area contributed by atoms with E-state index in [0.717, 1.165) is 0 Å². The van der Waals surface area contributed by atoms with Crippen LogP contribution in [0.3, 0.4) is 0 Å². The number of hydrogen-bond donors (Lipinski definition) is 2. The first-order valence-electron chi connectivity index (χ1n) is 9.09. The second kappa shape index (κ2) is 8.21. The molecule has 1 heterocycles. The summed E-state index contributed by atoms with van der Waals surface area (Å²) in [7, 11) is 0. The first-order chi connectivity index (χ1) is 13.3. The Morgan fingerprint density at radius 3 is 2.24 bits per heavy atom. The van der Waals surface area contributed by atoms with E-state index in [9.17, 15) is 19.5 Å². The number of carbonyl (C=O) groups is 2. The zero-order chi connectivity index (χ0) is 22.0. The molecule has 0 fully saturated rings. The van der Waals surface area contributed by atoms with E-state index >= 15 is 0 Å². The molecular weight excluding hydrogens is 376 g/mol. The highest BCUT2D eigenvalue weighted by Gasteiger charge is 2.30. The molecule has 0 spiro atoms. The van der Waals surface area contributed by atoms with Crippen LogP contribution in [-0.2, 0) is 19.2 Å². The number of carbonyl (C=O) groups excluding carboxylic acids is 2. The summed E-state index contributed by atoms with van der Waals surface area (Å²) >= 11 is 0. The third kappa shape index (κ3) is 5.54. The Kier molecular flexibility index (Phi) is 6.33. The first kappa shape index (κ1) is 22.4. The van der Waals surface area contributed by atoms with Crippen molar-refractivity contribution in [2.45, 2.75) is 58.8 Å². The zero-order valence-electron chi connectivity index (χ0n) is 17.4. The number of hydrogen-bond acceptors (Lipinski definition) is 6. The maximum atomic E-state index is 12.6. The molecule has 0 amide bonds. The molecule has 29 heavy (non-hydrogen) atoms. The van der Waals surface area contributed by atoms with E-state index in [0.29, 0.717) is 10.9 Å². The predicted octanol–water partition coefficient (Wildman–Crippen LogP) is 3.41. The van der Waals surface area contributed by atoms with Gasteiger partial charge in [0, 0.05) is 17.1 Å². The van der Waals surface area contributed by atoms with Crippen LogP contribution in [0.5, 0.6) is 0 Å². The van der Waals surface area contributed by atoms with Crippen molar-refractivity contribution in [3.05, 3.63) is 36.0 Å². The number of aromatic nitrogens is 1. The molecule has 2 N–H and O–H groups in total. The smallest absolute Gasteiger partial charge is 0.419 e. The molecule has 1 aromatic heterocycles. The lowest BCUT2D eigenvalue weighted by atomic mass is 10.00. The average molecular weight is 402 g/mol. The second-order valence-electron chi connectivity index (χ2n) is 8.53. The summed E-state index contributed by atoms with van der Waals surface area (Å²) in [5, 5.41) is 10.1.